The molecule has 1 unspecified atom stereocenters. The predicted octanol–water partition coefficient (Wildman–Crippen LogP) is 2.87. The van der Waals surface area contributed by atoms with E-state index in [0.29, 0.717) is 0 Å². The van der Waals surface area contributed by atoms with Gasteiger partial charge in [0.2, 0.25) is 0 Å². The lowest BCUT2D eigenvalue weighted by Gasteiger charge is -2.14. The maximum atomic E-state index is 10.6. The molecule has 2 aromatic carbocycles. The summed E-state index contributed by atoms with van der Waals surface area (Å²) in [5, 5.41) is 14.0. The van der Waals surface area contributed by atoms with Crippen LogP contribution in [0.4, 0.5) is 17.1 Å². The molecular weight excluding hydrogens is 242 g/mol. The number of hydrogen-bond acceptors (Lipinski definition) is 4. The van der Waals surface area contributed by atoms with Crippen LogP contribution in [0.3, 0.4) is 0 Å². The van der Waals surface area contributed by atoms with Gasteiger partial charge in [0.05, 0.1) is 10.5 Å². The lowest BCUT2D eigenvalue weighted by molar-refractivity contribution is -0.384. The third-order valence-electron chi connectivity index (χ3n) is 3.53. The number of nitro benzene ring substituents is 1. The topological polar surface area (TPSA) is 81.2 Å². The van der Waals surface area contributed by atoms with Crippen LogP contribution in [-0.4, -0.2) is 4.92 Å². The number of nitrogens with zero attached hydrogens (tertiary/aromatic N) is 1. The number of fused-ring (bicyclic) bond motifs is 1. The van der Waals surface area contributed by atoms with E-state index in [9.17, 15) is 10.1 Å². The smallest absolute Gasteiger partial charge is 0.269 e. The first-order chi connectivity index (χ1) is 9.00. The average Bonchev–Trinajstić information content (AvgIpc) is 2.94. The lowest BCUT2D eigenvalue weighted by Crippen LogP contribution is -2.15. The SMILES string of the molecule is CC1(Nc2ccc([N+](=O)[O-])cc2)c2ccc(N)cc21. The highest BCUT2D eigenvalue weighted by atomic mass is 16.6. The Bertz CT molecular complexity index is 667. The van der Waals surface area contributed by atoms with Crippen LogP contribution in [0.2, 0.25) is 0 Å². The molecule has 0 saturated carbocycles. The zero-order valence-corrected chi connectivity index (χ0v) is 10.4. The Labute approximate surface area is 110 Å². The first kappa shape index (κ1) is 11.5. The molecule has 5 nitrogen and oxygen atoms in total. The van der Waals surface area contributed by atoms with E-state index in [4.69, 9.17) is 5.73 Å². The van der Waals surface area contributed by atoms with Gasteiger partial charge in [0.15, 0.2) is 0 Å². The normalized spacial score (nSPS) is 19.6. The van der Waals surface area contributed by atoms with Gasteiger partial charge in [0.25, 0.3) is 5.69 Å². The van der Waals surface area contributed by atoms with Crippen molar-refractivity contribution in [2.75, 3.05) is 11.1 Å². The predicted molar refractivity (Wildman–Crippen MR) is 74.0 cm³/mol. The fourth-order valence-electron chi connectivity index (χ4n) is 2.39. The first-order valence-corrected chi connectivity index (χ1v) is 5.94. The summed E-state index contributed by atoms with van der Waals surface area (Å²) in [6, 6.07) is 12.2. The van der Waals surface area contributed by atoms with Gasteiger partial charge in [-0.1, -0.05) is 6.07 Å². The molecule has 0 spiro atoms. The molecular formula is C14H13N3O2. The average molecular weight is 255 g/mol. The minimum absolute atomic E-state index is 0.0910. The van der Waals surface area contributed by atoms with Crippen LogP contribution in [0.15, 0.2) is 42.5 Å². The van der Waals surface area contributed by atoms with Crippen LogP contribution in [0.1, 0.15) is 18.1 Å². The van der Waals surface area contributed by atoms with E-state index in [-0.39, 0.29) is 11.2 Å². The summed E-state index contributed by atoms with van der Waals surface area (Å²) in [5.74, 6) is 0. The van der Waals surface area contributed by atoms with E-state index in [2.05, 4.69) is 12.2 Å². The van der Waals surface area contributed by atoms with E-state index < -0.39 is 4.92 Å². The Balaban J connectivity index is 1.82. The quantitative estimate of drug-likeness (QED) is 0.502. The maximum absolute atomic E-state index is 10.6. The highest BCUT2D eigenvalue weighted by Crippen LogP contribution is 2.50. The van der Waals surface area contributed by atoms with E-state index in [1.807, 2.05) is 18.2 Å². The number of hydrogen-bond donors (Lipinski definition) is 2. The number of non-ortho nitro benzene ring substituents is 1. The Hall–Kier alpha value is -2.56. The molecule has 0 heterocycles. The summed E-state index contributed by atoms with van der Waals surface area (Å²) >= 11 is 0. The highest BCUT2D eigenvalue weighted by Gasteiger charge is 2.46. The molecule has 1 aliphatic rings. The van der Waals surface area contributed by atoms with E-state index >= 15 is 0 Å². The summed E-state index contributed by atoms with van der Waals surface area (Å²) < 4.78 is 0. The molecule has 96 valence electrons. The number of nitro groups is 1. The van der Waals surface area contributed by atoms with Crippen molar-refractivity contribution in [3.63, 3.8) is 0 Å². The van der Waals surface area contributed by atoms with E-state index in [1.165, 1.54) is 23.3 Å². The van der Waals surface area contributed by atoms with Crippen molar-refractivity contribution in [3.05, 3.63) is 63.7 Å². The summed E-state index contributed by atoms with van der Waals surface area (Å²) in [7, 11) is 0. The molecule has 0 fully saturated rings. The number of nitrogens with two attached hydrogens (primary N) is 1. The van der Waals surface area contributed by atoms with Crippen molar-refractivity contribution >= 4 is 17.1 Å². The fraction of sp³-hybridized carbons (Fsp3) is 0.143. The second-order valence-corrected chi connectivity index (χ2v) is 4.86. The van der Waals surface area contributed by atoms with E-state index in [1.54, 1.807) is 12.1 Å². The van der Waals surface area contributed by atoms with Gasteiger partial charge in [0.1, 0.15) is 0 Å². The van der Waals surface area contributed by atoms with Gasteiger partial charge < -0.3 is 11.1 Å². The number of nitrogen functional groups attached to an aromatic ring is 1. The zero-order valence-electron chi connectivity index (χ0n) is 10.4. The van der Waals surface area contributed by atoms with Crippen molar-refractivity contribution < 1.29 is 4.92 Å². The van der Waals surface area contributed by atoms with Crippen LogP contribution in [0.5, 0.6) is 0 Å². The third-order valence-corrected chi connectivity index (χ3v) is 3.53. The van der Waals surface area contributed by atoms with Crippen LogP contribution in [0, 0.1) is 10.1 Å². The largest absolute Gasteiger partial charge is 0.399 e. The molecule has 5 heteroatoms. The number of benzene rings is 2. The number of rotatable bonds is 3. The Morgan fingerprint density at radius 2 is 1.84 bits per heavy atom. The van der Waals surface area contributed by atoms with Gasteiger partial charge in [-0.3, -0.25) is 10.1 Å². The lowest BCUT2D eigenvalue weighted by atomic mass is 10.2. The van der Waals surface area contributed by atoms with Gasteiger partial charge in [-0.25, -0.2) is 0 Å². The molecule has 0 radical (unpaired) electrons. The Kier molecular flexibility index (Phi) is 2.25. The Morgan fingerprint density at radius 1 is 1.16 bits per heavy atom. The summed E-state index contributed by atoms with van der Waals surface area (Å²) in [4.78, 5) is 10.2. The monoisotopic (exact) mass is 255 g/mol. The summed E-state index contributed by atoms with van der Waals surface area (Å²) in [5.41, 5.74) is 9.61. The van der Waals surface area contributed by atoms with Crippen molar-refractivity contribution in [1.82, 2.24) is 0 Å². The molecule has 0 amide bonds. The van der Waals surface area contributed by atoms with Gasteiger partial charge in [-0.15, -0.1) is 0 Å². The number of nitrogens with one attached hydrogen (secondary N) is 1. The third kappa shape index (κ3) is 1.79. The molecule has 0 aliphatic heterocycles. The van der Waals surface area contributed by atoms with Crippen LogP contribution in [-0.2, 0) is 5.54 Å². The first-order valence-electron chi connectivity index (χ1n) is 5.94. The standard InChI is InChI=1S/C14H13N3O2/c1-14(12-7-2-9(15)8-13(12)14)16-10-3-5-11(6-4-10)17(18)19/h2-8,16H,15H2,1H3. The Morgan fingerprint density at radius 3 is 2.42 bits per heavy atom. The van der Waals surface area contributed by atoms with Crippen molar-refractivity contribution in [3.8, 4) is 0 Å². The molecule has 19 heavy (non-hydrogen) atoms. The van der Waals surface area contributed by atoms with Gasteiger partial charge >= 0.3 is 0 Å². The van der Waals surface area contributed by atoms with Crippen LogP contribution < -0.4 is 11.1 Å². The summed E-state index contributed by atoms with van der Waals surface area (Å²) in [6.45, 7) is 2.07. The zero-order chi connectivity index (χ0) is 13.6. The fourth-order valence-corrected chi connectivity index (χ4v) is 2.39. The molecule has 0 aromatic heterocycles. The van der Waals surface area contributed by atoms with E-state index in [0.717, 1.165) is 11.4 Å². The van der Waals surface area contributed by atoms with Gasteiger partial charge in [-0.05, 0) is 42.3 Å². The second-order valence-electron chi connectivity index (χ2n) is 4.86. The molecule has 1 atom stereocenters. The molecule has 0 bridgehead atoms. The van der Waals surface area contributed by atoms with Gasteiger partial charge in [0, 0.05) is 23.5 Å². The maximum Gasteiger partial charge on any atom is 0.269 e. The molecule has 3 rings (SSSR count). The highest BCUT2D eigenvalue weighted by molar-refractivity contribution is 5.69. The second kappa shape index (κ2) is 3.71. The van der Waals surface area contributed by atoms with Crippen LogP contribution >= 0.6 is 0 Å². The minimum atomic E-state index is -0.405. The van der Waals surface area contributed by atoms with Crippen molar-refractivity contribution in [2.24, 2.45) is 0 Å². The van der Waals surface area contributed by atoms with Crippen LogP contribution in [0.25, 0.3) is 0 Å². The molecule has 1 aliphatic carbocycles. The molecule has 2 aromatic rings. The van der Waals surface area contributed by atoms with Crippen molar-refractivity contribution in [2.45, 2.75) is 12.5 Å². The summed E-state index contributed by atoms with van der Waals surface area (Å²) in [6.07, 6.45) is 0. The van der Waals surface area contributed by atoms with Crippen molar-refractivity contribution in [1.29, 1.82) is 0 Å². The number of anilines is 2. The van der Waals surface area contributed by atoms with Gasteiger partial charge in [-0.2, -0.15) is 0 Å². The minimum Gasteiger partial charge on any atom is -0.399 e. The molecule has 0 saturated heterocycles. The molecule has 3 N–H and O–H groups in total.